The smallest absolute Gasteiger partial charge is 0.253 e. The number of carbonyl (C=O) groups is 1. The summed E-state index contributed by atoms with van der Waals surface area (Å²) in [4.78, 5) is 12.4. The van der Waals surface area contributed by atoms with Gasteiger partial charge in [-0.25, -0.2) is 0 Å². The van der Waals surface area contributed by atoms with Gasteiger partial charge in [0.15, 0.2) is 0 Å². The van der Waals surface area contributed by atoms with Crippen molar-refractivity contribution in [2.45, 2.75) is 32.2 Å². The van der Waals surface area contributed by atoms with Gasteiger partial charge in [0.1, 0.15) is 6.33 Å². The third-order valence-corrected chi connectivity index (χ3v) is 3.75. The lowest BCUT2D eigenvalue weighted by Gasteiger charge is -2.27. The Balaban J connectivity index is 2.17. The van der Waals surface area contributed by atoms with Crippen molar-refractivity contribution >= 4 is 5.91 Å². The summed E-state index contributed by atoms with van der Waals surface area (Å²) in [5, 5.41) is 13.9. The monoisotopic (exact) mass is 288 g/mol. The molecular weight excluding hydrogens is 268 g/mol. The molecule has 7 heteroatoms. The minimum atomic E-state index is -0.376. The molecule has 0 spiro atoms. The van der Waals surface area contributed by atoms with Gasteiger partial charge in [-0.3, -0.25) is 4.79 Å². The molecule has 0 saturated carbocycles. The second kappa shape index (κ2) is 6.45. The summed E-state index contributed by atoms with van der Waals surface area (Å²) in [6.45, 7) is 4.47. The molecule has 2 aromatic rings. The van der Waals surface area contributed by atoms with Gasteiger partial charge in [-0.05, 0) is 35.4 Å². The predicted molar refractivity (Wildman–Crippen MR) is 79.0 cm³/mol. The Morgan fingerprint density at radius 3 is 2.67 bits per heavy atom. The fraction of sp³-hybridized carbons (Fsp3) is 0.429. The number of nitrogens with two attached hydrogens (primary N) is 1. The Bertz CT molecular complexity index is 591. The van der Waals surface area contributed by atoms with E-state index in [2.05, 4.69) is 20.8 Å². The van der Waals surface area contributed by atoms with E-state index in [4.69, 9.17) is 5.73 Å². The zero-order valence-electron chi connectivity index (χ0n) is 12.3. The first-order valence-electron chi connectivity index (χ1n) is 6.99. The van der Waals surface area contributed by atoms with Gasteiger partial charge in [0.25, 0.3) is 5.91 Å². The van der Waals surface area contributed by atoms with E-state index in [0.29, 0.717) is 17.8 Å². The molecule has 0 aliphatic carbocycles. The zero-order chi connectivity index (χ0) is 15.3. The number of para-hydroxylation sites is 1. The topological polar surface area (TPSA) is 98.7 Å². The van der Waals surface area contributed by atoms with E-state index in [-0.39, 0.29) is 11.4 Å². The number of nitrogens with zero attached hydrogens (tertiary/aromatic N) is 4. The Labute approximate surface area is 123 Å². The van der Waals surface area contributed by atoms with Crippen LogP contribution in [0.3, 0.4) is 0 Å². The Hall–Kier alpha value is -2.28. The first kappa shape index (κ1) is 15.1. The van der Waals surface area contributed by atoms with E-state index in [1.807, 2.05) is 19.9 Å². The zero-order valence-corrected chi connectivity index (χ0v) is 12.3. The van der Waals surface area contributed by atoms with E-state index in [1.54, 1.807) is 18.2 Å². The Morgan fingerprint density at radius 1 is 1.33 bits per heavy atom. The van der Waals surface area contributed by atoms with Crippen LogP contribution in [-0.2, 0) is 0 Å². The summed E-state index contributed by atoms with van der Waals surface area (Å²) in [7, 11) is 0. The third kappa shape index (κ3) is 3.43. The summed E-state index contributed by atoms with van der Waals surface area (Å²) >= 11 is 0. The normalized spacial score (nSPS) is 11.4. The standard InChI is InChI=1S/C14H20N6O/c1-3-14(15,4-2)9-16-13(21)11-7-5-6-8-12(11)20-10-17-18-19-20/h5-8,10H,3-4,9,15H2,1-2H3,(H,16,21). The van der Waals surface area contributed by atoms with E-state index in [9.17, 15) is 4.79 Å². The highest BCUT2D eigenvalue weighted by atomic mass is 16.1. The average Bonchev–Trinajstić information content (AvgIpc) is 3.06. The molecule has 0 bridgehead atoms. The maximum atomic E-state index is 12.4. The molecule has 1 amide bonds. The number of amides is 1. The van der Waals surface area contributed by atoms with Gasteiger partial charge in [0, 0.05) is 12.1 Å². The molecule has 7 nitrogen and oxygen atoms in total. The first-order valence-corrected chi connectivity index (χ1v) is 6.99. The second-order valence-electron chi connectivity index (χ2n) is 5.02. The van der Waals surface area contributed by atoms with Crippen LogP contribution in [0, 0.1) is 0 Å². The molecule has 1 aromatic heterocycles. The van der Waals surface area contributed by atoms with Gasteiger partial charge < -0.3 is 11.1 Å². The molecule has 0 unspecified atom stereocenters. The quantitative estimate of drug-likeness (QED) is 0.823. The van der Waals surface area contributed by atoms with Crippen LogP contribution < -0.4 is 11.1 Å². The fourth-order valence-corrected chi connectivity index (χ4v) is 1.99. The number of carbonyl (C=O) groups excluding carboxylic acids is 1. The van der Waals surface area contributed by atoms with Crippen LogP contribution in [0.15, 0.2) is 30.6 Å². The molecule has 0 aliphatic rings. The molecule has 0 saturated heterocycles. The lowest BCUT2D eigenvalue weighted by atomic mass is 9.94. The maximum Gasteiger partial charge on any atom is 0.253 e. The summed E-state index contributed by atoms with van der Waals surface area (Å²) in [5.41, 5.74) is 6.98. The summed E-state index contributed by atoms with van der Waals surface area (Å²) < 4.78 is 1.46. The van der Waals surface area contributed by atoms with Gasteiger partial charge in [-0.2, -0.15) is 4.68 Å². The fourth-order valence-electron chi connectivity index (χ4n) is 1.99. The highest BCUT2D eigenvalue weighted by molar-refractivity contribution is 5.97. The summed E-state index contributed by atoms with van der Waals surface area (Å²) in [5.74, 6) is -0.183. The number of rotatable bonds is 6. The molecule has 1 aromatic carbocycles. The van der Waals surface area contributed by atoms with Crippen molar-refractivity contribution in [1.29, 1.82) is 0 Å². The summed E-state index contributed by atoms with van der Waals surface area (Å²) in [6, 6.07) is 7.17. The van der Waals surface area contributed by atoms with Crippen LogP contribution in [-0.4, -0.2) is 38.2 Å². The molecule has 21 heavy (non-hydrogen) atoms. The molecule has 3 N–H and O–H groups in total. The highest BCUT2D eigenvalue weighted by Gasteiger charge is 2.22. The number of aromatic nitrogens is 4. The maximum absolute atomic E-state index is 12.4. The van der Waals surface area contributed by atoms with Crippen LogP contribution in [0.1, 0.15) is 37.0 Å². The van der Waals surface area contributed by atoms with Crippen molar-refractivity contribution in [3.63, 3.8) is 0 Å². The molecule has 0 aliphatic heterocycles. The van der Waals surface area contributed by atoms with Crippen LogP contribution in [0.4, 0.5) is 0 Å². The van der Waals surface area contributed by atoms with Crippen LogP contribution in [0.25, 0.3) is 5.69 Å². The number of nitrogens with one attached hydrogen (secondary N) is 1. The van der Waals surface area contributed by atoms with Crippen molar-refractivity contribution in [2.75, 3.05) is 6.54 Å². The largest absolute Gasteiger partial charge is 0.350 e. The van der Waals surface area contributed by atoms with Gasteiger partial charge in [0.05, 0.1) is 11.3 Å². The van der Waals surface area contributed by atoms with E-state index < -0.39 is 0 Å². The number of benzene rings is 1. The van der Waals surface area contributed by atoms with Crippen molar-refractivity contribution in [2.24, 2.45) is 5.73 Å². The minimum Gasteiger partial charge on any atom is -0.350 e. The predicted octanol–water partition coefficient (Wildman–Crippen LogP) is 0.910. The minimum absolute atomic E-state index is 0.183. The van der Waals surface area contributed by atoms with Crippen LogP contribution in [0.5, 0.6) is 0 Å². The number of tetrazole rings is 1. The average molecular weight is 288 g/mol. The van der Waals surface area contributed by atoms with E-state index >= 15 is 0 Å². The van der Waals surface area contributed by atoms with Gasteiger partial charge in [-0.15, -0.1) is 5.10 Å². The van der Waals surface area contributed by atoms with Crippen molar-refractivity contribution in [1.82, 2.24) is 25.5 Å². The molecule has 112 valence electrons. The van der Waals surface area contributed by atoms with Gasteiger partial charge in [-0.1, -0.05) is 26.0 Å². The lowest BCUT2D eigenvalue weighted by Crippen LogP contribution is -2.49. The number of hydrogen-bond acceptors (Lipinski definition) is 5. The summed E-state index contributed by atoms with van der Waals surface area (Å²) in [6.07, 6.45) is 3.06. The first-order chi connectivity index (χ1) is 10.1. The molecule has 2 rings (SSSR count). The molecule has 0 atom stereocenters. The SMILES string of the molecule is CCC(N)(CC)CNC(=O)c1ccccc1-n1cnnn1. The van der Waals surface area contributed by atoms with Crippen molar-refractivity contribution in [3.8, 4) is 5.69 Å². The van der Waals surface area contributed by atoms with Crippen LogP contribution >= 0.6 is 0 Å². The lowest BCUT2D eigenvalue weighted by molar-refractivity contribution is 0.0942. The van der Waals surface area contributed by atoms with Gasteiger partial charge in [0.2, 0.25) is 0 Å². The van der Waals surface area contributed by atoms with Gasteiger partial charge >= 0.3 is 0 Å². The Kier molecular flexibility index (Phi) is 4.64. The third-order valence-electron chi connectivity index (χ3n) is 3.75. The second-order valence-corrected chi connectivity index (χ2v) is 5.02. The molecule has 0 fully saturated rings. The van der Waals surface area contributed by atoms with Crippen molar-refractivity contribution < 1.29 is 4.79 Å². The van der Waals surface area contributed by atoms with E-state index in [1.165, 1.54) is 11.0 Å². The van der Waals surface area contributed by atoms with E-state index in [0.717, 1.165) is 12.8 Å². The highest BCUT2D eigenvalue weighted by Crippen LogP contribution is 2.14. The van der Waals surface area contributed by atoms with Crippen molar-refractivity contribution in [3.05, 3.63) is 36.2 Å². The van der Waals surface area contributed by atoms with Crippen LogP contribution in [0.2, 0.25) is 0 Å². The molecule has 1 heterocycles. The molecular formula is C14H20N6O. The Morgan fingerprint density at radius 2 is 2.05 bits per heavy atom. The molecule has 0 radical (unpaired) electrons. The number of hydrogen-bond donors (Lipinski definition) is 2.